The lowest BCUT2D eigenvalue weighted by molar-refractivity contribution is 0.588. The first-order valence-electron chi connectivity index (χ1n) is 6.09. The largest absolute Gasteiger partial charge is 0.330 e. The van der Waals surface area contributed by atoms with E-state index in [9.17, 15) is 0 Å². The molecule has 0 aliphatic heterocycles. The highest BCUT2D eigenvalue weighted by Gasteiger charge is 2.14. The number of hydrogen-bond donors (Lipinski definition) is 1. The van der Waals surface area contributed by atoms with E-state index in [1.165, 1.54) is 0 Å². The second kappa shape index (κ2) is 5.54. The zero-order valence-corrected chi connectivity index (χ0v) is 11.5. The monoisotopic (exact) mass is 267 g/mol. The molecule has 0 saturated heterocycles. The SMILES string of the molecule is CCn1nc(C)c(Cl)c1Cn1ccnc1CCN. The van der Waals surface area contributed by atoms with Gasteiger partial charge in [-0.2, -0.15) is 5.10 Å². The van der Waals surface area contributed by atoms with E-state index < -0.39 is 0 Å². The summed E-state index contributed by atoms with van der Waals surface area (Å²) in [7, 11) is 0. The van der Waals surface area contributed by atoms with E-state index in [1.807, 2.05) is 17.8 Å². The molecule has 0 aliphatic rings. The molecule has 0 aromatic carbocycles. The Morgan fingerprint density at radius 3 is 2.89 bits per heavy atom. The van der Waals surface area contributed by atoms with Crippen LogP contribution < -0.4 is 5.73 Å². The van der Waals surface area contributed by atoms with Crippen molar-refractivity contribution in [3.63, 3.8) is 0 Å². The van der Waals surface area contributed by atoms with Crippen LogP contribution in [0.25, 0.3) is 0 Å². The Morgan fingerprint density at radius 1 is 1.44 bits per heavy atom. The van der Waals surface area contributed by atoms with Crippen LogP contribution in [0.2, 0.25) is 5.02 Å². The molecule has 98 valence electrons. The van der Waals surface area contributed by atoms with Crippen LogP contribution in [-0.4, -0.2) is 25.9 Å². The number of nitrogens with two attached hydrogens (primary N) is 1. The average Bonchev–Trinajstić information content (AvgIpc) is 2.90. The van der Waals surface area contributed by atoms with Crippen LogP contribution in [0.5, 0.6) is 0 Å². The van der Waals surface area contributed by atoms with E-state index in [1.54, 1.807) is 6.20 Å². The number of aromatic nitrogens is 4. The second-order valence-corrected chi connectivity index (χ2v) is 4.55. The minimum Gasteiger partial charge on any atom is -0.330 e. The summed E-state index contributed by atoms with van der Waals surface area (Å²) in [5.74, 6) is 0.982. The van der Waals surface area contributed by atoms with E-state index >= 15 is 0 Å². The molecular weight excluding hydrogens is 250 g/mol. The molecule has 0 aliphatic carbocycles. The lowest BCUT2D eigenvalue weighted by atomic mass is 10.3. The van der Waals surface area contributed by atoms with E-state index in [-0.39, 0.29) is 0 Å². The summed E-state index contributed by atoms with van der Waals surface area (Å²) < 4.78 is 4.01. The van der Waals surface area contributed by atoms with Crippen molar-refractivity contribution in [2.24, 2.45) is 5.73 Å². The average molecular weight is 268 g/mol. The van der Waals surface area contributed by atoms with E-state index in [4.69, 9.17) is 17.3 Å². The van der Waals surface area contributed by atoms with Gasteiger partial charge in [-0.1, -0.05) is 11.6 Å². The third-order valence-electron chi connectivity index (χ3n) is 2.94. The van der Waals surface area contributed by atoms with Gasteiger partial charge in [-0.05, 0) is 20.4 Å². The molecule has 2 aromatic rings. The number of hydrogen-bond acceptors (Lipinski definition) is 3. The molecule has 2 heterocycles. The summed E-state index contributed by atoms with van der Waals surface area (Å²) in [6.45, 7) is 6.07. The van der Waals surface area contributed by atoms with Crippen molar-refractivity contribution >= 4 is 11.6 Å². The number of rotatable bonds is 5. The second-order valence-electron chi connectivity index (χ2n) is 4.17. The Bertz CT molecular complexity index is 529. The van der Waals surface area contributed by atoms with Gasteiger partial charge >= 0.3 is 0 Å². The number of halogens is 1. The van der Waals surface area contributed by atoms with Crippen molar-refractivity contribution in [2.75, 3.05) is 6.54 Å². The van der Waals surface area contributed by atoms with Gasteiger partial charge in [-0.3, -0.25) is 4.68 Å². The third kappa shape index (κ3) is 2.42. The van der Waals surface area contributed by atoms with Gasteiger partial charge in [-0.25, -0.2) is 4.98 Å². The molecule has 0 radical (unpaired) electrons. The van der Waals surface area contributed by atoms with Crippen molar-refractivity contribution in [1.29, 1.82) is 0 Å². The summed E-state index contributed by atoms with van der Waals surface area (Å²) in [6, 6.07) is 0. The molecule has 2 aromatic heterocycles. The maximum absolute atomic E-state index is 6.30. The van der Waals surface area contributed by atoms with Crippen molar-refractivity contribution < 1.29 is 0 Å². The van der Waals surface area contributed by atoms with Crippen molar-refractivity contribution in [3.8, 4) is 0 Å². The van der Waals surface area contributed by atoms with Crippen molar-refractivity contribution in [1.82, 2.24) is 19.3 Å². The van der Waals surface area contributed by atoms with Crippen molar-refractivity contribution in [2.45, 2.75) is 33.4 Å². The fourth-order valence-corrected chi connectivity index (χ4v) is 2.22. The Hall–Kier alpha value is -1.33. The minimum absolute atomic E-state index is 0.594. The smallest absolute Gasteiger partial charge is 0.110 e. The fraction of sp³-hybridized carbons (Fsp3) is 0.500. The summed E-state index contributed by atoms with van der Waals surface area (Å²) >= 11 is 6.30. The van der Waals surface area contributed by atoms with Crippen LogP contribution in [0.3, 0.4) is 0 Å². The zero-order chi connectivity index (χ0) is 13.1. The molecule has 0 atom stereocenters. The van der Waals surface area contributed by atoms with Gasteiger partial charge in [0.05, 0.1) is 23.0 Å². The van der Waals surface area contributed by atoms with E-state index in [0.717, 1.165) is 35.2 Å². The standard InChI is InChI=1S/C12H18ClN5/c1-3-18-10(12(13)9(2)16-18)8-17-7-6-15-11(17)4-5-14/h6-7H,3-5,8,14H2,1-2H3. The fourth-order valence-electron chi connectivity index (χ4n) is 2.02. The molecule has 0 unspecified atom stereocenters. The lowest BCUT2D eigenvalue weighted by Gasteiger charge is -2.09. The maximum Gasteiger partial charge on any atom is 0.110 e. The van der Waals surface area contributed by atoms with Crippen LogP contribution in [0.15, 0.2) is 12.4 Å². The maximum atomic E-state index is 6.30. The van der Waals surface area contributed by atoms with Crippen LogP contribution in [-0.2, 0) is 19.5 Å². The summed E-state index contributed by atoms with van der Waals surface area (Å²) in [5, 5.41) is 5.15. The van der Waals surface area contributed by atoms with E-state index in [2.05, 4.69) is 21.6 Å². The molecule has 0 spiro atoms. The third-order valence-corrected chi connectivity index (χ3v) is 3.43. The molecule has 0 fully saturated rings. The first-order valence-corrected chi connectivity index (χ1v) is 6.47. The van der Waals surface area contributed by atoms with Crippen LogP contribution in [0, 0.1) is 6.92 Å². The molecule has 2 N–H and O–H groups in total. The zero-order valence-electron chi connectivity index (χ0n) is 10.7. The molecular formula is C12H18ClN5. The molecule has 2 rings (SSSR count). The predicted octanol–water partition coefficient (Wildman–Crippen LogP) is 1.61. The number of aryl methyl sites for hydroxylation is 2. The van der Waals surface area contributed by atoms with Gasteiger partial charge in [0.1, 0.15) is 5.82 Å². The molecule has 5 nitrogen and oxygen atoms in total. The van der Waals surface area contributed by atoms with Crippen molar-refractivity contribution in [3.05, 3.63) is 34.6 Å². The van der Waals surface area contributed by atoms with Gasteiger partial charge < -0.3 is 10.3 Å². The number of imidazole rings is 1. The Morgan fingerprint density at radius 2 is 2.22 bits per heavy atom. The summed E-state index contributed by atoms with van der Waals surface area (Å²) in [6.07, 6.45) is 4.51. The quantitative estimate of drug-likeness (QED) is 0.895. The highest BCUT2D eigenvalue weighted by atomic mass is 35.5. The lowest BCUT2D eigenvalue weighted by Crippen LogP contribution is -2.13. The molecule has 0 bridgehead atoms. The highest BCUT2D eigenvalue weighted by molar-refractivity contribution is 6.31. The molecule has 18 heavy (non-hydrogen) atoms. The molecule has 0 amide bonds. The first kappa shape index (κ1) is 13.1. The highest BCUT2D eigenvalue weighted by Crippen LogP contribution is 2.21. The Labute approximate surface area is 112 Å². The van der Waals surface area contributed by atoms with Crippen LogP contribution in [0.4, 0.5) is 0 Å². The van der Waals surface area contributed by atoms with Gasteiger partial charge in [0.25, 0.3) is 0 Å². The first-order chi connectivity index (χ1) is 8.67. The minimum atomic E-state index is 0.594. The predicted molar refractivity (Wildman–Crippen MR) is 71.7 cm³/mol. The van der Waals surface area contributed by atoms with Crippen LogP contribution >= 0.6 is 11.6 Å². The summed E-state index contributed by atoms with van der Waals surface area (Å²) in [4.78, 5) is 4.30. The van der Waals surface area contributed by atoms with Gasteiger partial charge in [0, 0.05) is 25.4 Å². The van der Waals surface area contributed by atoms with Crippen LogP contribution in [0.1, 0.15) is 24.1 Å². The Kier molecular flexibility index (Phi) is 4.04. The Balaban J connectivity index is 2.30. The van der Waals surface area contributed by atoms with Gasteiger partial charge in [-0.15, -0.1) is 0 Å². The van der Waals surface area contributed by atoms with Gasteiger partial charge in [0.2, 0.25) is 0 Å². The molecule has 0 saturated carbocycles. The van der Waals surface area contributed by atoms with E-state index in [0.29, 0.717) is 13.1 Å². The number of nitrogens with zero attached hydrogens (tertiary/aromatic N) is 4. The summed E-state index contributed by atoms with van der Waals surface area (Å²) in [5.41, 5.74) is 7.47. The normalized spacial score (nSPS) is 11.1. The molecule has 6 heteroatoms. The topological polar surface area (TPSA) is 61.7 Å². The van der Waals surface area contributed by atoms with Gasteiger partial charge in [0.15, 0.2) is 0 Å².